The normalized spacial score (nSPS) is 17.8. The van der Waals surface area contributed by atoms with E-state index in [1.807, 2.05) is 19.1 Å². The number of amides is 1. The maximum atomic E-state index is 13.3. The lowest BCUT2D eigenvalue weighted by atomic mass is 10.1. The van der Waals surface area contributed by atoms with Crippen molar-refractivity contribution in [3.63, 3.8) is 0 Å². The van der Waals surface area contributed by atoms with Gasteiger partial charge in [0.05, 0.1) is 18.6 Å². The molecule has 1 amide bonds. The summed E-state index contributed by atoms with van der Waals surface area (Å²) in [6, 6.07) is 9.57. The lowest BCUT2D eigenvalue weighted by Crippen LogP contribution is -2.41. The first kappa shape index (κ1) is 21.0. The fourth-order valence-electron chi connectivity index (χ4n) is 3.40. The van der Waals surface area contributed by atoms with Gasteiger partial charge >= 0.3 is 0 Å². The highest BCUT2D eigenvalue weighted by molar-refractivity contribution is 7.91. The summed E-state index contributed by atoms with van der Waals surface area (Å²) < 4.78 is 30.4. The molecule has 1 aromatic carbocycles. The van der Waals surface area contributed by atoms with Gasteiger partial charge in [0.1, 0.15) is 11.4 Å². The van der Waals surface area contributed by atoms with Gasteiger partial charge in [0.25, 0.3) is 11.5 Å². The molecule has 8 nitrogen and oxygen atoms in total. The first-order valence-corrected chi connectivity index (χ1v) is 11.4. The molecule has 0 N–H and O–H groups in total. The number of hydrogen-bond donors (Lipinski definition) is 0. The number of hydrogen-bond acceptors (Lipinski definition) is 6. The molecule has 156 valence electrons. The average Bonchev–Trinajstić information content (AvgIpc) is 3.07. The van der Waals surface area contributed by atoms with E-state index in [4.69, 9.17) is 4.74 Å². The number of methoxy groups -OCH3 is 1. The summed E-state index contributed by atoms with van der Waals surface area (Å²) in [5, 5.41) is 4.20. The molecule has 0 unspecified atom stereocenters. The van der Waals surface area contributed by atoms with Crippen molar-refractivity contribution in [2.45, 2.75) is 38.9 Å². The number of aryl methyl sites for hydroxylation is 1. The van der Waals surface area contributed by atoms with E-state index in [0.717, 1.165) is 5.56 Å². The van der Waals surface area contributed by atoms with E-state index >= 15 is 0 Å². The van der Waals surface area contributed by atoms with Gasteiger partial charge in [-0.1, -0.05) is 19.1 Å². The Labute approximate surface area is 170 Å². The van der Waals surface area contributed by atoms with E-state index < -0.39 is 15.9 Å². The predicted octanol–water partition coefficient (Wildman–Crippen LogP) is 1.49. The lowest BCUT2D eigenvalue weighted by molar-refractivity contribution is 0.0671. The summed E-state index contributed by atoms with van der Waals surface area (Å²) in [6.07, 6.45) is 1.10. The Kier molecular flexibility index (Phi) is 6.36. The van der Waals surface area contributed by atoms with Gasteiger partial charge in [0.2, 0.25) is 0 Å². The zero-order chi connectivity index (χ0) is 21.0. The number of benzene rings is 1. The standard InChI is InChI=1S/C20H25N3O5S/c1-3-11-23-19(24)9-8-18(21-23)20(25)22(16-10-12-29(26,27)14-16)13-15-4-6-17(28-2)7-5-15/h4-9,16H,3,10-14H2,1-2H3/t16-/m1/s1. The second kappa shape index (κ2) is 8.77. The Hall–Kier alpha value is -2.68. The Balaban J connectivity index is 1.92. The molecule has 0 saturated carbocycles. The Bertz CT molecular complexity index is 1030. The van der Waals surface area contributed by atoms with Crippen molar-refractivity contribution in [1.29, 1.82) is 0 Å². The van der Waals surface area contributed by atoms with Crippen LogP contribution in [0.1, 0.15) is 35.8 Å². The topological polar surface area (TPSA) is 98.6 Å². The van der Waals surface area contributed by atoms with Gasteiger partial charge in [0.15, 0.2) is 9.84 Å². The molecule has 3 rings (SSSR count). The molecule has 2 heterocycles. The Morgan fingerprint density at radius 3 is 2.55 bits per heavy atom. The highest BCUT2D eigenvalue weighted by atomic mass is 32.2. The monoisotopic (exact) mass is 419 g/mol. The van der Waals surface area contributed by atoms with Crippen LogP contribution in [0, 0.1) is 0 Å². The van der Waals surface area contributed by atoms with Gasteiger partial charge in [-0.25, -0.2) is 13.1 Å². The highest BCUT2D eigenvalue weighted by Gasteiger charge is 2.35. The Morgan fingerprint density at radius 2 is 1.97 bits per heavy atom. The van der Waals surface area contributed by atoms with E-state index in [0.29, 0.717) is 25.1 Å². The van der Waals surface area contributed by atoms with Crippen LogP contribution in [0.25, 0.3) is 0 Å². The minimum absolute atomic E-state index is 0.0623. The fraction of sp³-hybridized carbons (Fsp3) is 0.450. The van der Waals surface area contributed by atoms with Crippen molar-refractivity contribution in [2.24, 2.45) is 0 Å². The fourth-order valence-corrected chi connectivity index (χ4v) is 5.13. The van der Waals surface area contributed by atoms with Crippen LogP contribution in [0.3, 0.4) is 0 Å². The Morgan fingerprint density at radius 1 is 1.24 bits per heavy atom. The third kappa shape index (κ3) is 5.03. The molecule has 0 spiro atoms. The van der Waals surface area contributed by atoms with E-state index in [2.05, 4.69) is 5.10 Å². The maximum absolute atomic E-state index is 13.3. The van der Waals surface area contributed by atoms with Crippen molar-refractivity contribution < 1.29 is 17.9 Å². The summed E-state index contributed by atoms with van der Waals surface area (Å²) >= 11 is 0. The molecule has 1 fully saturated rings. The zero-order valence-electron chi connectivity index (χ0n) is 16.6. The molecule has 1 aliphatic rings. The van der Waals surface area contributed by atoms with E-state index in [9.17, 15) is 18.0 Å². The van der Waals surface area contributed by atoms with Gasteiger partial charge < -0.3 is 9.64 Å². The third-order valence-corrected chi connectivity index (χ3v) is 6.69. The van der Waals surface area contributed by atoms with Gasteiger partial charge in [-0.2, -0.15) is 5.10 Å². The molecule has 9 heteroatoms. The van der Waals surface area contributed by atoms with Crippen LogP contribution >= 0.6 is 0 Å². The predicted molar refractivity (Wildman–Crippen MR) is 109 cm³/mol. The van der Waals surface area contributed by atoms with Crippen molar-refractivity contribution in [3.05, 3.63) is 58.0 Å². The number of nitrogens with zero attached hydrogens (tertiary/aromatic N) is 3. The summed E-state index contributed by atoms with van der Waals surface area (Å²) in [4.78, 5) is 26.7. The van der Waals surface area contributed by atoms with Gasteiger partial charge in [0, 0.05) is 25.2 Å². The van der Waals surface area contributed by atoms with Gasteiger partial charge in [-0.3, -0.25) is 9.59 Å². The van der Waals surface area contributed by atoms with Crippen LogP contribution in [0.15, 0.2) is 41.2 Å². The number of sulfone groups is 1. The molecule has 1 atom stereocenters. The number of rotatable bonds is 7. The van der Waals surface area contributed by atoms with Crippen LogP contribution in [0.4, 0.5) is 0 Å². The molecule has 0 radical (unpaired) electrons. The first-order chi connectivity index (χ1) is 13.8. The van der Waals surface area contributed by atoms with E-state index in [1.54, 1.807) is 24.1 Å². The van der Waals surface area contributed by atoms with Crippen LogP contribution in [0.2, 0.25) is 0 Å². The van der Waals surface area contributed by atoms with Crippen LogP contribution in [0.5, 0.6) is 5.75 Å². The van der Waals surface area contributed by atoms with Crippen molar-refractivity contribution in [2.75, 3.05) is 18.6 Å². The largest absolute Gasteiger partial charge is 0.497 e. The molecular weight excluding hydrogens is 394 g/mol. The molecule has 29 heavy (non-hydrogen) atoms. The molecule has 0 aliphatic carbocycles. The van der Waals surface area contributed by atoms with Crippen molar-refractivity contribution in [3.8, 4) is 5.75 Å². The number of ether oxygens (including phenoxy) is 1. The molecule has 0 bridgehead atoms. The molecule has 1 aromatic heterocycles. The van der Waals surface area contributed by atoms with Gasteiger partial charge in [-0.15, -0.1) is 0 Å². The minimum Gasteiger partial charge on any atom is -0.497 e. The molecule has 1 aliphatic heterocycles. The number of carbonyl (C=O) groups excluding carboxylic acids is 1. The number of carbonyl (C=O) groups is 1. The highest BCUT2D eigenvalue weighted by Crippen LogP contribution is 2.22. The molecule has 2 aromatic rings. The third-order valence-electron chi connectivity index (χ3n) is 4.94. The van der Waals surface area contributed by atoms with E-state index in [1.165, 1.54) is 16.8 Å². The average molecular weight is 420 g/mol. The lowest BCUT2D eigenvalue weighted by Gasteiger charge is -2.28. The van der Waals surface area contributed by atoms with E-state index in [-0.39, 0.29) is 35.2 Å². The summed E-state index contributed by atoms with van der Waals surface area (Å²) in [6.45, 7) is 2.58. The summed E-state index contributed by atoms with van der Waals surface area (Å²) in [5.74, 6) is 0.312. The molecular formula is C20H25N3O5S. The quantitative estimate of drug-likeness (QED) is 0.674. The molecule has 1 saturated heterocycles. The van der Waals surface area contributed by atoms with Crippen LogP contribution in [-0.2, 0) is 22.9 Å². The van der Waals surface area contributed by atoms with Crippen molar-refractivity contribution >= 4 is 15.7 Å². The summed E-state index contributed by atoms with van der Waals surface area (Å²) in [7, 11) is -1.60. The minimum atomic E-state index is -3.17. The SMILES string of the molecule is CCCn1nc(C(=O)N(Cc2ccc(OC)cc2)[C@@H]2CCS(=O)(=O)C2)ccc1=O. The smallest absolute Gasteiger partial charge is 0.274 e. The second-order valence-corrected chi connectivity index (χ2v) is 9.35. The summed E-state index contributed by atoms with van der Waals surface area (Å²) in [5.41, 5.74) is 0.717. The maximum Gasteiger partial charge on any atom is 0.274 e. The second-order valence-electron chi connectivity index (χ2n) is 7.12. The van der Waals surface area contributed by atoms with Crippen molar-refractivity contribution in [1.82, 2.24) is 14.7 Å². The van der Waals surface area contributed by atoms with Crippen LogP contribution < -0.4 is 10.3 Å². The van der Waals surface area contributed by atoms with Crippen LogP contribution in [-0.4, -0.2) is 53.7 Å². The first-order valence-electron chi connectivity index (χ1n) is 9.55. The van der Waals surface area contributed by atoms with Gasteiger partial charge in [-0.05, 0) is 36.6 Å². The zero-order valence-corrected chi connectivity index (χ0v) is 17.4. The number of aromatic nitrogens is 2.